The number of rotatable bonds is 9. The van der Waals surface area contributed by atoms with Crippen LogP contribution in [0.2, 0.25) is 5.02 Å². The molecule has 202 valence electrons. The van der Waals surface area contributed by atoms with Gasteiger partial charge >= 0.3 is 0 Å². The van der Waals surface area contributed by atoms with Gasteiger partial charge in [-0.15, -0.1) is 0 Å². The van der Waals surface area contributed by atoms with Gasteiger partial charge in [0.15, 0.2) is 5.11 Å². The lowest BCUT2D eigenvalue weighted by molar-refractivity contribution is 0.146. The highest BCUT2D eigenvalue weighted by Crippen LogP contribution is 2.45. The van der Waals surface area contributed by atoms with E-state index >= 15 is 0 Å². The van der Waals surface area contributed by atoms with E-state index in [4.69, 9.17) is 38.0 Å². The number of anilines is 1. The van der Waals surface area contributed by atoms with E-state index in [0.717, 1.165) is 39.8 Å². The van der Waals surface area contributed by atoms with Crippen molar-refractivity contribution in [3.05, 3.63) is 101 Å². The summed E-state index contributed by atoms with van der Waals surface area (Å²) in [4.78, 5) is 6.80. The fourth-order valence-corrected chi connectivity index (χ4v) is 5.75. The standard InChI is InChI=1S/C30H31ClN4O3S/c1-19-16-24(20(2)34(19)21-8-7-9-23(17-21)37-4)29-28(26-10-5-6-13-32-26)33-30(39)35(29)22-11-12-27(25(31)18-22)38-15-14-36-3/h5-13,16-18,28-29H,14-15H2,1-4H3,(H,33,39)/t28-,29+/m1/s1. The molecule has 3 heterocycles. The van der Waals surface area contributed by atoms with Gasteiger partial charge in [-0.1, -0.05) is 23.7 Å². The van der Waals surface area contributed by atoms with Crippen molar-refractivity contribution in [2.45, 2.75) is 25.9 Å². The smallest absolute Gasteiger partial charge is 0.174 e. The molecule has 1 saturated heterocycles. The Balaban J connectivity index is 1.60. The van der Waals surface area contributed by atoms with Crippen molar-refractivity contribution in [3.8, 4) is 17.2 Å². The molecule has 39 heavy (non-hydrogen) atoms. The van der Waals surface area contributed by atoms with Crippen LogP contribution >= 0.6 is 23.8 Å². The summed E-state index contributed by atoms with van der Waals surface area (Å²) in [5, 5.41) is 4.64. The van der Waals surface area contributed by atoms with Crippen LogP contribution in [0.4, 0.5) is 5.69 Å². The maximum Gasteiger partial charge on any atom is 0.174 e. The van der Waals surface area contributed by atoms with Crippen LogP contribution in [0.1, 0.15) is 34.7 Å². The first-order valence-electron chi connectivity index (χ1n) is 12.7. The second-order valence-electron chi connectivity index (χ2n) is 9.32. The number of aryl methyl sites for hydroxylation is 1. The number of halogens is 1. The molecule has 2 aromatic carbocycles. The Morgan fingerprint density at radius 2 is 1.82 bits per heavy atom. The minimum atomic E-state index is -0.172. The minimum absolute atomic E-state index is 0.172. The van der Waals surface area contributed by atoms with Crippen molar-refractivity contribution in [1.29, 1.82) is 0 Å². The van der Waals surface area contributed by atoms with Gasteiger partial charge in [-0.05, 0) is 80.2 Å². The number of nitrogens with one attached hydrogen (secondary N) is 1. The van der Waals surface area contributed by atoms with E-state index in [1.54, 1.807) is 14.2 Å². The van der Waals surface area contributed by atoms with E-state index in [1.165, 1.54) is 0 Å². The summed E-state index contributed by atoms with van der Waals surface area (Å²) < 4.78 is 18.6. The highest BCUT2D eigenvalue weighted by molar-refractivity contribution is 7.80. The van der Waals surface area contributed by atoms with E-state index in [2.05, 4.69) is 45.7 Å². The molecule has 2 atom stereocenters. The average Bonchev–Trinajstić information content (AvgIpc) is 3.44. The maximum absolute atomic E-state index is 6.67. The van der Waals surface area contributed by atoms with Crippen LogP contribution in [-0.4, -0.2) is 42.1 Å². The van der Waals surface area contributed by atoms with Gasteiger partial charge in [0.25, 0.3) is 0 Å². The molecule has 1 N–H and O–H groups in total. The number of pyridine rings is 1. The Morgan fingerprint density at radius 3 is 2.54 bits per heavy atom. The first kappa shape index (κ1) is 27.0. The van der Waals surface area contributed by atoms with Crippen LogP contribution in [-0.2, 0) is 4.74 Å². The zero-order valence-corrected chi connectivity index (χ0v) is 23.9. The number of methoxy groups -OCH3 is 2. The molecule has 1 fully saturated rings. The minimum Gasteiger partial charge on any atom is -0.497 e. The lowest BCUT2D eigenvalue weighted by Gasteiger charge is -2.28. The van der Waals surface area contributed by atoms with Crippen LogP contribution < -0.4 is 19.7 Å². The summed E-state index contributed by atoms with van der Waals surface area (Å²) in [6.45, 7) is 5.14. The Morgan fingerprint density at radius 1 is 0.974 bits per heavy atom. The second kappa shape index (κ2) is 11.7. The lowest BCUT2D eigenvalue weighted by atomic mass is 9.96. The van der Waals surface area contributed by atoms with Crippen LogP contribution in [0.25, 0.3) is 5.69 Å². The summed E-state index contributed by atoms with van der Waals surface area (Å²) >= 11 is 12.6. The third kappa shape index (κ3) is 5.32. The van der Waals surface area contributed by atoms with E-state index in [9.17, 15) is 0 Å². The zero-order valence-electron chi connectivity index (χ0n) is 22.3. The molecule has 0 spiro atoms. The van der Waals surface area contributed by atoms with E-state index in [-0.39, 0.29) is 12.1 Å². The highest BCUT2D eigenvalue weighted by atomic mass is 35.5. The first-order valence-corrected chi connectivity index (χ1v) is 13.5. The molecule has 0 bridgehead atoms. The normalized spacial score (nSPS) is 16.8. The third-order valence-corrected chi connectivity index (χ3v) is 7.55. The van der Waals surface area contributed by atoms with Gasteiger partial charge in [-0.25, -0.2) is 0 Å². The fourth-order valence-electron chi connectivity index (χ4n) is 5.17. The van der Waals surface area contributed by atoms with Gasteiger partial charge in [0.05, 0.1) is 36.5 Å². The predicted molar refractivity (Wildman–Crippen MR) is 159 cm³/mol. The molecule has 0 saturated carbocycles. The van der Waals surface area contributed by atoms with E-state index < -0.39 is 0 Å². The average molecular weight is 563 g/mol. The van der Waals surface area contributed by atoms with Crippen LogP contribution in [0.5, 0.6) is 11.5 Å². The van der Waals surface area contributed by atoms with Crippen molar-refractivity contribution in [2.75, 3.05) is 32.3 Å². The number of nitrogens with zero attached hydrogens (tertiary/aromatic N) is 3. The Bertz CT molecular complexity index is 1480. The molecule has 0 radical (unpaired) electrons. The monoisotopic (exact) mass is 562 g/mol. The largest absolute Gasteiger partial charge is 0.497 e. The summed E-state index contributed by atoms with van der Waals surface area (Å²) in [6, 6.07) is 21.6. The topological polar surface area (TPSA) is 60.8 Å². The molecule has 5 rings (SSSR count). The maximum atomic E-state index is 6.67. The highest BCUT2D eigenvalue weighted by Gasteiger charge is 2.42. The summed E-state index contributed by atoms with van der Waals surface area (Å²) in [5.41, 5.74) is 6.15. The molecule has 1 aliphatic heterocycles. The quantitative estimate of drug-likeness (QED) is 0.188. The number of hydrogen-bond acceptors (Lipinski definition) is 5. The number of benzene rings is 2. The molecule has 9 heteroatoms. The summed E-state index contributed by atoms with van der Waals surface area (Å²) in [7, 11) is 3.32. The molecule has 4 aromatic rings. The van der Waals surface area contributed by atoms with Crippen molar-refractivity contribution in [1.82, 2.24) is 14.9 Å². The summed E-state index contributed by atoms with van der Waals surface area (Å²) in [6.07, 6.45) is 1.81. The first-order chi connectivity index (χ1) is 18.9. The molecular formula is C30H31ClN4O3S. The molecule has 7 nitrogen and oxygen atoms in total. The molecule has 0 aliphatic carbocycles. The third-order valence-electron chi connectivity index (χ3n) is 6.94. The van der Waals surface area contributed by atoms with Crippen LogP contribution in [0.3, 0.4) is 0 Å². The number of hydrogen-bond donors (Lipinski definition) is 1. The molecular weight excluding hydrogens is 532 g/mol. The van der Waals surface area contributed by atoms with E-state index in [1.807, 2.05) is 60.8 Å². The zero-order chi connectivity index (χ0) is 27.5. The fraction of sp³-hybridized carbons (Fsp3) is 0.267. The van der Waals surface area contributed by atoms with Gasteiger partial charge in [-0.3, -0.25) is 4.98 Å². The van der Waals surface area contributed by atoms with Gasteiger partial charge < -0.3 is 29.0 Å². The molecule has 1 aliphatic rings. The van der Waals surface area contributed by atoms with Crippen LogP contribution in [0.15, 0.2) is 72.9 Å². The SMILES string of the molecule is COCCOc1ccc(N2C(=S)N[C@H](c3ccccn3)[C@@H]2c2cc(C)n(-c3cccc(OC)c3)c2C)cc1Cl. The Hall–Kier alpha value is -3.59. The number of thiocarbonyl (C=S) groups is 1. The van der Waals surface area contributed by atoms with E-state index in [0.29, 0.717) is 29.1 Å². The Kier molecular flexibility index (Phi) is 8.07. The van der Waals surface area contributed by atoms with Gasteiger partial charge in [-0.2, -0.15) is 0 Å². The molecule has 0 unspecified atom stereocenters. The van der Waals surface area contributed by atoms with Crippen LogP contribution in [0, 0.1) is 13.8 Å². The van der Waals surface area contributed by atoms with Crippen molar-refractivity contribution in [2.24, 2.45) is 0 Å². The summed E-state index contributed by atoms with van der Waals surface area (Å²) in [5.74, 6) is 1.41. The number of ether oxygens (including phenoxy) is 3. The van der Waals surface area contributed by atoms with Gasteiger partial charge in [0.1, 0.15) is 18.1 Å². The Labute approximate surface area is 239 Å². The molecule has 0 amide bonds. The van der Waals surface area contributed by atoms with Crippen molar-refractivity contribution >= 4 is 34.6 Å². The predicted octanol–water partition coefficient (Wildman–Crippen LogP) is 6.35. The van der Waals surface area contributed by atoms with Crippen molar-refractivity contribution in [3.63, 3.8) is 0 Å². The number of aromatic nitrogens is 2. The second-order valence-corrected chi connectivity index (χ2v) is 10.1. The van der Waals surface area contributed by atoms with Crippen molar-refractivity contribution < 1.29 is 14.2 Å². The van der Waals surface area contributed by atoms with Gasteiger partial charge in [0, 0.05) is 42.1 Å². The lowest BCUT2D eigenvalue weighted by Crippen LogP contribution is -2.29. The van der Waals surface area contributed by atoms with Gasteiger partial charge in [0.2, 0.25) is 0 Å². The molecule has 2 aromatic heterocycles.